The van der Waals surface area contributed by atoms with E-state index in [1.165, 1.54) is 28.3 Å². The van der Waals surface area contributed by atoms with Crippen molar-refractivity contribution >= 4 is 21.9 Å². The van der Waals surface area contributed by atoms with Gasteiger partial charge in [-0.05, 0) is 31.5 Å². The number of sulfonamides is 1. The first-order chi connectivity index (χ1) is 11.6. The molecule has 7 nitrogen and oxygen atoms in total. The van der Waals surface area contributed by atoms with Crippen LogP contribution in [0.15, 0.2) is 23.1 Å². The second kappa shape index (κ2) is 8.44. The monoisotopic (exact) mass is 370 g/mol. The molecule has 0 aromatic heterocycles. The molecule has 0 unspecified atom stereocenters. The third-order valence-corrected chi connectivity index (χ3v) is 5.89. The van der Waals surface area contributed by atoms with E-state index in [4.69, 9.17) is 4.74 Å². The van der Waals surface area contributed by atoms with Gasteiger partial charge in [-0.25, -0.2) is 13.2 Å². The summed E-state index contributed by atoms with van der Waals surface area (Å²) in [6, 6.07) is 4.33. The molecule has 1 atom stereocenters. The largest absolute Gasteiger partial charge is 0.449 e. The number of likely N-dealkylation sites (N-methyl/N-ethyl adjacent to an activating group) is 1. The zero-order valence-corrected chi connectivity index (χ0v) is 16.4. The lowest BCUT2D eigenvalue weighted by molar-refractivity contribution is -0.137. The van der Waals surface area contributed by atoms with Crippen molar-refractivity contribution < 1.29 is 22.7 Å². The molecule has 1 aromatic carbocycles. The molecule has 8 heteroatoms. The summed E-state index contributed by atoms with van der Waals surface area (Å²) in [7, 11) is -0.552. The van der Waals surface area contributed by atoms with E-state index in [0.717, 1.165) is 0 Å². The maximum Gasteiger partial charge on any atom is 0.339 e. The normalized spacial score (nSPS) is 12.8. The SMILES string of the molecule is CCN(CC)S(=O)(=O)c1ccc(C)c(C(=O)O[C@@H](C)C(=O)N(C)C)c1. The lowest BCUT2D eigenvalue weighted by Gasteiger charge is -2.20. The summed E-state index contributed by atoms with van der Waals surface area (Å²) in [5.74, 6) is -1.07. The number of hydrogen-bond donors (Lipinski definition) is 0. The van der Waals surface area contributed by atoms with Crippen LogP contribution in [-0.2, 0) is 19.6 Å². The number of carbonyl (C=O) groups is 2. The highest BCUT2D eigenvalue weighted by Crippen LogP contribution is 2.20. The molecular formula is C17H26N2O5S. The Morgan fingerprint density at radius 3 is 2.20 bits per heavy atom. The zero-order chi connectivity index (χ0) is 19.4. The van der Waals surface area contributed by atoms with E-state index in [0.29, 0.717) is 18.7 Å². The van der Waals surface area contributed by atoms with Gasteiger partial charge in [0, 0.05) is 27.2 Å². The van der Waals surface area contributed by atoms with Gasteiger partial charge in [0.25, 0.3) is 5.91 Å². The van der Waals surface area contributed by atoms with Crippen LogP contribution in [0.2, 0.25) is 0 Å². The molecule has 0 fully saturated rings. The maximum absolute atomic E-state index is 12.6. The van der Waals surface area contributed by atoms with Crippen LogP contribution >= 0.6 is 0 Å². The van der Waals surface area contributed by atoms with Gasteiger partial charge in [-0.2, -0.15) is 4.31 Å². The summed E-state index contributed by atoms with van der Waals surface area (Å²) in [6.07, 6.45) is -0.954. The molecular weight excluding hydrogens is 344 g/mol. The molecule has 0 radical (unpaired) electrons. The third kappa shape index (κ3) is 4.79. The molecule has 0 saturated carbocycles. The van der Waals surface area contributed by atoms with E-state index in [-0.39, 0.29) is 16.4 Å². The van der Waals surface area contributed by atoms with Gasteiger partial charge in [-0.15, -0.1) is 0 Å². The van der Waals surface area contributed by atoms with Crippen molar-refractivity contribution in [3.63, 3.8) is 0 Å². The number of hydrogen-bond acceptors (Lipinski definition) is 5. The lowest BCUT2D eigenvalue weighted by atomic mass is 10.1. The van der Waals surface area contributed by atoms with Crippen molar-refractivity contribution in [2.45, 2.75) is 38.7 Å². The Bertz CT molecular complexity index is 739. The van der Waals surface area contributed by atoms with Gasteiger partial charge < -0.3 is 9.64 Å². The lowest BCUT2D eigenvalue weighted by Crippen LogP contribution is -2.35. The van der Waals surface area contributed by atoms with Crippen LogP contribution in [0.4, 0.5) is 0 Å². The molecule has 0 saturated heterocycles. The number of esters is 1. The van der Waals surface area contributed by atoms with E-state index in [9.17, 15) is 18.0 Å². The van der Waals surface area contributed by atoms with E-state index in [1.807, 2.05) is 0 Å². The first-order valence-electron chi connectivity index (χ1n) is 8.09. The number of ether oxygens (including phenoxy) is 1. The number of carbonyl (C=O) groups excluding carboxylic acids is 2. The summed E-state index contributed by atoms with van der Waals surface area (Å²) < 4.78 is 31.7. The van der Waals surface area contributed by atoms with Crippen molar-refractivity contribution in [2.75, 3.05) is 27.2 Å². The predicted molar refractivity (Wildman–Crippen MR) is 94.9 cm³/mol. The first-order valence-corrected chi connectivity index (χ1v) is 9.53. The van der Waals surface area contributed by atoms with Crippen molar-refractivity contribution in [2.24, 2.45) is 0 Å². The van der Waals surface area contributed by atoms with Gasteiger partial charge in [0.05, 0.1) is 10.5 Å². The summed E-state index contributed by atoms with van der Waals surface area (Å²) in [5.41, 5.74) is 0.708. The molecule has 0 aliphatic carbocycles. The molecule has 0 N–H and O–H groups in total. The molecule has 1 rings (SSSR count). The Kier molecular flexibility index (Phi) is 7.13. The zero-order valence-electron chi connectivity index (χ0n) is 15.6. The minimum absolute atomic E-state index is 0.0281. The second-order valence-corrected chi connectivity index (χ2v) is 7.78. The van der Waals surface area contributed by atoms with Crippen LogP contribution in [0.5, 0.6) is 0 Å². The van der Waals surface area contributed by atoms with Crippen molar-refractivity contribution in [1.29, 1.82) is 0 Å². The van der Waals surface area contributed by atoms with Crippen molar-refractivity contribution in [3.8, 4) is 0 Å². The number of nitrogens with zero attached hydrogens (tertiary/aromatic N) is 2. The van der Waals surface area contributed by atoms with Gasteiger partial charge in [-0.1, -0.05) is 19.9 Å². The molecule has 0 spiro atoms. The average molecular weight is 370 g/mol. The van der Waals surface area contributed by atoms with Crippen molar-refractivity contribution in [3.05, 3.63) is 29.3 Å². The topological polar surface area (TPSA) is 84.0 Å². The highest BCUT2D eigenvalue weighted by molar-refractivity contribution is 7.89. The average Bonchev–Trinajstić information content (AvgIpc) is 2.54. The number of benzene rings is 1. The Morgan fingerprint density at radius 1 is 1.16 bits per heavy atom. The number of amides is 1. The molecule has 0 aliphatic rings. The summed E-state index contributed by atoms with van der Waals surface area (Å²) in [4.78, 5) is 25.6. The molecule has 140 valence electrons. The summed E-state index contributed by atoms with van der Waals surface area (Å²) in [6.45, 7) is 7.33. The van der Waals surface area contributed by atoms with E-state index >= 15 is 0 Å². The number of rotatable bonds is 7. The van der Waals surface area contributed by atoms with E-state index < -0.39 is 22.1 Å². The molecule has 1 aromatic rings. The standard InChI is InChI=1S/C17H26N2O5S/c1-7-19(8-2)25(22,23)14-10-9-12(3)15(11-14)17(21)24-13(4)16(20)18(5)6/h9-11,13H,7-8H2,1-6H3/t13-/m0/s1. The Morgan fingerprint density at radius 2 is 1.72 bits per heavy atom. The maximum atomic E-state index is 12.6. The second-order valence-electron chi connectivity index (χ2n) is 5.85. The highest BCUT2D eigenvalue weighted by atomic mass is 32.2. The van der Waals surface area contributed by atoms with Crippen LogP contribution in [0, 0.1) is 6.92 Å². The van der Waals surface area contributed by atoms with Gasteiger partial charge >= 0.3 is 5.97 Å². The van der Waals surface area contributed by atoms with Crippen molar-refractivity contribution in [1.82, 2.24) is 9.21 Å². The molecule has 0 bridgehead atoms. The fraction of sp³-hybridized carbons (Fsp3) is 0.529. The Labute approximate surface area is 149 Å². The van der Waals surface area contributed by atoms with Gasteiger partial charge in [-0.3, -0.25) is 4.79 Å². The van der Waals surface area contributed by atoms with Gasteiger partial charge in [0.1, 0.15) is 0 Å². The summed E-state index contributed by atoms with van der Waals surface area (Å²) >= 11 is 0. The van der Waals surface area contributed by atoms with E-state index in [1.54, 1.807) is 40.9 Å². The Hall–Kier alpha value is -1.93. The third-order valence-electron chi connectivity index (χ3n) is 3.84. The molecule has 0 aliphatic heterocycles. The van der Waals surface area contributed by atoms with Crippen LogP contribution in [0.3, 0.4) is 0 Å². The van der Waals surface area contributed by atoms with Crippen LogP contribution in [0.25, 0.3) is 0 Å². The fourth-order valence-corrected chi connectivity index (χ4v) is 3.82. The highest BCUT2D eigenvalue weighted by Gasteiger charge is 2.25. The molecule has 1 amide bonds. The molecule has 25 heavy (non-hydrogen) atoms. The quantitative estimate of drug-likeness (QED) is 0.682. The number of aryl methyl sites for hydroxylation is 1. The fourth-order valence-electron chi connectivity index (χ4n) is 2.33. The minimum Gasteiger partial charge on any atom is -0.449 e. The van der Waals surface area contributed by atoms with Crippen LogP contribution < -0.4 is 0 Å². The molecule has 0 heterocycles. The van der Waals surface area contributed by atoms with Gasteiger partial charge in [0.15, 0.2) is 6.10 Å². The Balaban J connectivity index is 3.18. The minimum atomic E-state index is -3.68. The van der Waals surface area contributed by atoms with Gasteiger partial charge in [0.2, 0.25) is 10.0 Å². The smallest absolute Gasteiger partial charge is 0.339 e. The van der Waals surface area contributed by atoms with Crippen LogP contribution in [0.1, 0.15) is 36.7 Å². The first kappa shape index (κ1) is 21.1. The predicted octanol–water partition coefficient (Wildman–Crippen LogP) is 1.66. The summed E-state index contributed by atoms with van der Waals surface area (Å²) in [5, 5.41) is 0. The van der Waals surface area contributed by atoms with Crippen LogP contribution in [-0.4, -0.2) is 62.8 Å². The van der Waals surface area contributed by atoms with E-state index in [2.05, 4.69) is 0 Å².